The molecule has 1 aliphatic heterocycles. The third-order valence-electron chi connectivity index (χ3n) is 2.25. The second kappa shape index (κ2) is 4.24. The maximum absolute atomic E-state index is 5.55. The topological polar surface area (TPSA) is 47.6 Å². The zero-order valence-corrected chi connectivity index (χ0v) is 8.07. The van der Waals surface area contributed by atoms with Gasteiger partial charge in [-0.1, -0.05) is 18.2 Å². The SMILES string of the molecule is NCCc1ccccc1C1=NCCO1. The van der Waals surface area contributed by atoms with Crippen molar-refractivity contribution >= 4 is 5.90 Å². The predicted octanol–water partition coefficient (Wildman–Crippen LogP) is 0.965. The van der Waals surface area contributed by atoms with Crippen molar-refractivity contribution in [1.82, 2.24) is 0 Å². The highest BCUT2D eigenvalue weighted by Gasteiger charge is 2.13. The zero-order chi connectivity index (χ0) is 9.80. The van der Waals surface area contributed by atoms with Crippen LogP contribution in [0.15, 0.2) is 29.3 Å². The van der Waals surface area contributed by atoms with Crippen LogP contribution in [0.5, 0.6) is 0 Å². The summed E-state index contributed by atoms with van der Waals surface area (Å²) in [5.41, 5.74) is 7.86. The lowest BCUT2D eigenvalue weighted by atomic mass is 10.0. The van der Waals surface area contributed by atoms with Crippen molar-refractivity contribution in [3.8, 4) is 0 Å². The highest BCUT2D eigenvalue weighted by Crippen LogP contribution is 2.13. The molecule has 14 heavy (non-hydrogen) atoms. The van der Waals surface area contributed by atoms with E-state index in [0.29, 0.717) is 13.2 Å². The minimum absolute atomic E-state index is 0.657. The average Bonchev–Trinajstić information content (AvgIpc) is 2.72. The molecule has 3 heteroatoms. The molecule has 0 bridgehead atoms. The van der Waals surface area contributed by atoms with E-state index in [1.54, 1.807) is 0 Å². The average molecular weight is 190 g/mol. The predicted molar refractivity (Wildman–Crippen MR) is 56.6 cm³/mol. The Hall–Kier alpha value is -1.35. The van der Waals surface area contributed by atoms with Crippen LogP contribution >= 0.6 is 0 Å². The van der Waals surface area contributed by atoms with Gasteiger partial charge in [0.25, 0.3) is 0 Å². The summed E-state index contributed by atoms with van der Waals surface area (Å²) in [6.07, 6.45) is 0.874. The van der Waals surface area contributed by atoms with Crippen LogP contribution in [0.2, 0.25) is 0 Å². The fourth-order valence-corrected chi connectivity index (χ4v) is 1.60. The number of rotatable bonds is 3. The Labute approximate surface area is 83.6 Å². The molecular weight excluding hydrogens is 176 g/mol. The fraction of sp³-hybridized carbons (Fsp3) is 0.364. The number of hydrogen-bond donors (Lipinski definition) is 1. The van der Waals surface area contributed by atoms with Crippen molar-refractivity contribution in [2.75, 3.05) is 19.7 Å². The molecule has 0 radical (unpaired) electrons. The van der Waals surface area contributed by atoms with Crippen molar-refractivity contribution in [3.63, 3.8) is 0 Å². The van der Waals surface area contributed by atoms with Gasteiger partial charge in [0.05, 0.1) is 6.54 Å². The molecule has 2 N–H and O–H groups in total. The highest BCUT2D eigenvalue weighted by molar-refractivity contribution is 5.96. The molecule has 0 saturated heterocycles. The fourth-order valence-electron chi connectivity index (χ4n) is 1.60. The van der Waals surface area contributed by atoms with E-state index in [2.05, 4.69) is 11.1 Å². The first-order chi connectivity index (χ1) is 6.92. The molecule has 1 heterocycles. The first kappa shape index (κ1) is 9.21. The largest absolute Gasteiger partial charge is 0.476 e. The van der Waals surface area contributed by atoms with Gasteiger partial charge in [0.1, 0.15) is 6.61 Å². The molecule has 0 aromatic heterocycles. The molecular formula is C11H14N2O. The van der Waals surface area contributed by atoms with Crippen molar-refractivity contribution in [1.29, 1.82) is 0 Å². The van der Waals surface area contributed by atoms with Crippen molar-refractivity contribution in [2.24, 2.45) is 10.7 Å². The Morgan fingerprint density at radius 3 is 2.93 bits per heavy atom. The number of benzene rings is 1. The second-order valence-electron chi connectivity index (χ2n) is 3.23. The van der Waals surface area contributed by atoms with E-state index in [9.17, 15) is 0 Å². The van der Waals surface area contributed by atoms with Gasteiger partial charge in [0.2, 0.25) is 5.90 Å². The Kier molecular flexibility index (Phi) is 2.79. The van der Waals surface area contributed by atoms with E-state index in [0.717, 1.165) is 24.4 Å². The summed E-state index contributed by atoms with van der Waals surface area (Å²) >= 11 is 0. The lowest BCUT2D eigenvalue weighted by molar-refractivity contribution is 0.348. The van der Waals surface area contributed by atoms with E-state index in [4.69, 9.17) is 10.5 Å². The number of nitrogens with two attached hydrogens (primary N) is 1. The summed E-state index contributed by atoms with van der Waals surface area (Å²) in [4.78, 5) is 4.30. The summed E-state index contributed by atoms with van der Waals surface area (Å²) in [5.74, 6) is 0.772. The van der Waals surface area contributed by atoms with Crippen LogP contribution < -0.4 is 5.73 Å². The van der Waals surface area contributed by atoms with Gasteiger partial charge in [-0.25, -0.2) is 4.99 Å². The van der Waals surface area contributed by atoms with Gasteiger partial charge in [-0.2, -0.15) is 0 Å². The van der Waals surface area contributed by atoms with E-state index in [-0.39, 0.29) is 0 Å². The van der Waals surface area contributed by atoms with Gasteiger partial charge in [-0.3, -0.25) is 0 Å². The van der Waals surface area contributed by atoms with Crippen LogP contribution in [-0.4, -0.2) is 25.6 Å². The Bertz CT molecular complexity index is 347. The van der Waals surface area contributed by atoms with Crippen LogP contribution in [0.4, 0.5) is 0 Å². The van der Waals surface area contributed by atoms with Crippen LogP contribution in [0.1, 0.15) is 11.1 Å². The zero-order valence-electron chi connectivity index (χ0n) is 8.07. The molecule has 0 unspecified atom stereocenters. The van der Waals surface area contributed by atoms with Gasteiger partial charge in [-0.15, -0.1) is 0 Å². The lowest BCUT2D eigenvalue weighted by Gasteiger charge is -2.07. The van der Waals surface area contributed by atoms with E-state index in [1.165, 1.54) is 5.56 Å². The first-order valence-corrected chi connectivity index (χ1v) is 4.87. The molecule has 74 valence electrons. The van der Waals surface area contributed by atoms with Crippen LogP contribution in [0.25, 0.3) is 0 Å². The van der Waals surface area contributed by atoms with Crippen molar-refractivity contribution < 1.29 is 4.74 Å². The molecule has 0 saturated carbocycles. The lowest BCUT2D eigenvalue weighted by Crippen LogP contribution is -2.09. The normalized spacial score (nSPS) is 15.1. The van der Waals surface area contributed by atoms with E-state index >= 15 is 0 Å². The van der Waals surface area contributed by atoms with Gasteiger partial charge in [0.15, 0.2) is 0 Å². The standard InChI is InChI=1S/C11H14N2O/c12-6-5-9-3-1-2-4-10(9)11-13-7-8-14-11/h1-4H,5-8,12H2. The number of nitrogens with zero attached hydrogens (tertiary/aromatic N) is 1. The molecule has 0 atom stereocenters. The smallest absolute Gasteiger partial charge is 0.216 e. The Morgan fingerprint density at radius 1 is 1.36 bits per heavy atom. The molecule has 0 spiro atoms. The monoisotopic (exact) mass is 190 g/mol. The third kappa shape index (κ3) is 1.77. The number of aliphatic imine (C=N–C) groups is 1. The summed E-state index contributed by atoms with van der Waals surface area (Å²) in [5, 5.41) is 0. The van der Waals surface area contributed by atoms with Gasteiger partial charge >= 0.3 is 0 Å². The minimum atomic E-state index is 0.657. The van der Waals surface area contributed by atoms with Gasteiger partial charge in [0, 0.05) is 5.56 Å². The molecule has 1 aromatic rings. The van der Waals surface area contributed by atoms with Gasteiger partial charge < -0.3 is 10.5 Å². The Balaban J connectivity index is 2.31. The van der Waals surface area contributed by atoms with Crippen molar-refractivity contribution in [3.05, 3.63) is 35.4 Å². The molecule has 0 aliphatic carbocycles. The molecule has 0 amide bonds. The summed E-state index contributed by atoms with van der Waals surface area (Å²) in [6.45, 7) is 2.13. The summed E-state index contributed by atoms with van der Waals surface area (Å²) in [7, 11) is 0. The molecule has 1 aromatic carbocycles. The number of ether oxygens (including phenoxy) is 1. The van der Waals surface area contributed by atoms with Crippen LogP contribution in [-0.2, 0) is 11.2 Å². The number of hydrogen-bond acceptors (Lipinski definition) is 3. The quantitative estimate of drug-likeness (QED) is 0.771. The summed E-state index contributed by atoms with van der Waals surface area (Å²) in [6, 6.07) is 8.13. The minimum Gasteiger partial charge on any atom is -0.476 e. The van der Waals surface area contributed by atoms with E-state index < -0.39 is 0 Å². The second-order valence-corrected chi connectivity index (χ2v) is 3.23. The van der Waals surface area contributed by atoms with Crippen LogP contribution in [0.3, 0.4) is 0 Å². The molecule has 0 fully saturated rings. The highest BCUT2D eigenvalue weighted by atomic mass is 16.5. The third-order valence-corrected chi connectivity index (χ3v) is 2.25. The summed E-state index contributed by atoms with van der Waals surface area (Å²) < 4.78 is 5.44. The molecule has 3 nitrogen and oxygen atoms in total. The van der Waals surface area contributed by atoms with Crippen LogP contribution in [0, 0.1) is 0 Å². The maximum atomic E-state index is 5.55. The Morgan fingerprint density at radius 2 is 2.21 bits per heavy atom. The van der Waals surface area contributed by atoms with Crippen molar-refractivity contribution in [2.45, 2.75) is 6.42 Å². The maximum Gasteiger partial charge on any atom is 0.216 e. The van der Waals surface area contributed by atoms with E-state index in [1.807, 2.05) is 18.2 Å². The molecule has 1 aliphatic rings. The first-order valence-electron chi connectivity index (χ1n) is 4.87. The van der Waals surface area contributed by atoms with Gasteiger partial charge in [-0.05, 0) is 24.6 Å². The molecule has 2 rings (SSSR count).